The molecule has 1 heterocycles. The molecule has 0 aromatic heterocycles. The van der Waals surface area contributed by atoms with E-state index in [0.717, 1.165) is 19.6 Å². The fourth-order valence-electron chi connectivity index (χ4n) is 0.798. The van der Waals surface area contributed by atoms with Crippen molar-refractivity contribution in [1.82, 2.24) is 10.6 Å². The molecule has 4 heteroatoms. The molecule has 1 atom stereocenters. The summed E-state index contributed by atoms with van der Waals surface area (Å²) in [6.45, 7) is 5.57. The zero-order valence-electron chi connectivity index (χ0n) is 5.78. The smallest absolute Gasteiger partial charge is 1.00 e. The summed E-state index contributed by atoms with van der Waals surface area (Å²) < 4.78 is 0. The zero-order valence-corrected chi connectivity index (χ0v) is 7.95. The molecule has 0 spiro atoms. The van der Waals surface area contributed by atoms with E-state index in [4.69, 9.17) is 0 Å². The second-order valence-corrected chi connectivity index (χ2v) is 2.06. The van der Waals surface area contributed by atoms with E-state index in [0.29, 0.717) is 6.04 Å². The maximum absolute atomic E-state index is 3.32. The summed E-state index contributed by atoms with van der Waals surface area (Å²) in [6, 6.07) is 0.675. The van der Waals surface area contributed by atoms with Crippen LogP contribution >= 0.6 is 0 Å². The van der Waals surface area contributed by atoms with Gasteiger partial charge in [0.25, 0.3) is 0 Å². The Balaban J connectivity index is 0. The van der Waals surface area contributed by atoms with Crippen LogP contribution in [-0.4, -0.2) is 48.7 Å². The van der Waals surface area contributed by atoms with Gasteiger partial charge in [-0.05, 0) is 6.92 Å². The van der Waals surface area contributed by atoms with Crippen molar-refractivity contribution < 1.29 is 12.4 Å². The third kappa shape index (κ3) is 5.42. The quantitative estimate of drug-likeness (QED) is 0.355. The molecule has 1 fully saturated rings. The van der Waals surface area contributed by atoms with Gasteiger partial charge >= 0.3 is 23.1 Å². The van der Waals surface area contributed by atoms with Gasteiger partial charge < -0.3 is 23.0 Å². The molecule has 2 N–H and O–H groups in total. The average molecular weight is 160 g/mol. The Morgan fingerprint density at radius 1 is 1.33 bits per heavy atom. The average Bonchev–Trinajstić information content (AvgIpc) is 1.69. The Labute approximate surface area is 78.7 Å². The fraction of sp³-hybridized carbons (Fsp3) is 1.00. The first-order chi connectivity index (χ1) is 3.39. The summed E-state index contributed by atoms with van der Waals surface area (Å²) in [5, 5.41) is 6.59. The number of nitrogens with one attached hydrogen (secondary N) is 2. The van der Waals surface area contributed by atoms with E-state index in [9.17, 15) is 0 Å². The topological polar surface area (TPSA) is 24.1 Å². The second kappa shape index (κ2) is 7.09. The Hall–Kier alpha value is 0.976. The summed E-state index contributed by atoms with van der Waals surface area (Å²) in [4.78, 5) is 0. The number of piperazine rings is 1. The molecule has 9 heavy (non-hydrogen) atoms. The van der Waals surface area contributed by atoms with Crippen LogP contribution < -0.4 is 23.0 Å². The molecule has 2 nitrogen and oxygen atoms in total. The molecule has 1 aliphatic heterocycles. The number of hydrogen-bond donors (Lipinski definition) is 2. The molecule has 0 aromatic rings. The van der Waals surface area contributed by atoms with Crippen molar-refractivity contribution in [1.29, 1.82) is 0 Å². The van der Waals surface area contributed by atoms with Gasteiger partial charge in [-0.1, -0.05) is 0 Å². The molecule has 0 saturated carbocycles. The van der Waals surface area contributed by atoms with Gasteiger partial charge in [-0.15, -0.1) is 0 Å². The van der Waals surface area contributed by atoms with Gasteiger partial charge in [-0.2, -0.15) is 0 Å². The molecule has 1 aliphatic rings. The van der Waals surface area contributed by atoms with Crippen LogP contribution in [0.3, 0.4) is 0 Å². The molecule has 0 bridgehead atoms. The molecular formula is C5H12ClMgN2+. The zero-order chi connectivity index (χ0) is 5.11. The largest absolute Gasteiger partial charge is 2.00 e. The van der Waals surface area contributed by atoms with Gasteiger partial charge in [-0.25, -0.2) is 0 Å². The van der Waals surface area contributed by atoms with Gasteiger partial charge in [0.1, 0.15) is 0 Å². The molecule has 0 aromatic carbocycles. The van der Waals surface area contributed by atoms with E-state index in [-0.39, 0.29) is 35.5 Å². The van der Waals surface area contributed by atoms with Crippen molar-refractivity contribution in [2.75, 3.05) is 19.6 Å². The molecule has 50 valence electrons. The van der Waals surface area contributed by atoms with Crippen molar-refractivity contribution in [2.45, 2.75) is 13.0 Å². The molecule has 1 unspecified atom stereocenters. The van der Waals surface area contributed by atoms with E-state index < -0.39 is 0 Å². The second-order valence-electron chi connectivity index (χ2n) is 2.06. The molecule has 0 amide bonds. The SMILES string of the molecule is CC1CNCCN1.[Cl-].[Mg+2]. The van der Waals surface area contributed by atoms with Crippen molar-refractivity contribution >= 4 is 23.1 Å². The van der Waals surface area contributed by atoms with E-state index in [1.54, 1.807) is 0 Å². The first kappa shape index (κ1) is 12.6. The van der Waals surface area contributed by atoms with Gasteiger partial charge in [0.2, 0.25) is 0 Å². The number of rotatable bonds is 0. The van der Waals surface area contributed by atoms with Crippen LogP contribution in [0.5, 0.6) is 0 Å². The monoisotopic (exact) mass is 159 g/mol. The minimum atomic E-state index is 0. The minimum absolute atomic E-state index is 0. The van der Waals surface area contributed by atoms with Crippen LogP contribution in [0.25, 0.3) is 0 Å². The maximum atomic E-state index is 3.32. The van der Waals surface area contributed by atoms with Gasteiger partial charge in [0.05, 0.1) is 0 Å². The fourth-order valence-corrected chi connectivity index (χ4v) is 0.798. The van der Waals surface area contributed by atoms with Crippen LogP contribution in [0.4, 0.5) is 0 Å². The van der Waals surface area contributed by atoms with E-state index in [2.05, 4.69) is 17.6 Å². The van der Waals surface area contributed by atoms with Gasteiger partial charge in [0.15, 0.2) is 0 Å². The van der Waals surface area contributed by atoms with Crippen LogP contribution in [0.1, 0.15) is 6.92 Å². The Bertz CT molecular complexity index is 56.9. The predicted molar refractivity (Wildman–Crippen MR) is 36.1 cm³/mol. The third-order valence-corrected chi connectivity index (χ3v) is 1.25. The first-order valence-corrected chi connectivity index (χ1v) is 2.83. The van der Waals surface area contributed by atoms with Gasteiger partial charge in [-0.3, -0.25) is 0 Å². The number of hydrogen-bond acceptors (Lipinski definition) is 2. The van der Waals surface area contributed by atoms with E-state index in [1.807, 2.05) is 0 Å². The van der Waals surface area contributed by atoms with Crippen molar-refractivity contribution in [3.05, 3.63) is 0 Å². The predicted octanol–water partition coefficient (Wildman–Crippen LogP) is -3.81. The van der Waals surface area contributed by atoms with Crippen LogP contribution in [0, 0.1) is 0 Å². The molecule has 0 aliphatic carbocycles. The number of halogens is 1. The van der Waals surface area contributed by atoms with Crippen molar-refractivity contribution in [2.24, 2.45) is 0 Å². The summed E-state index contributed by atoms with van der Waals surface area (Å²) in [7, 11) is 0. The summed E-state index contributed by atoms with van der Waals surface area (Å²) in [5.74, 6) is 0. The molecule has 1 rings (SSSR count). The molecule has 1 saturated heterocycles. The van der Waals surface area contributed by atoms with Crippen LogP contribution in [0.2, 0.25) is 0 Å². The maximum Gasteiger partial charge on any atom is 2.00 e. The first-order valence-electron chi connectivity index (χ1n) is 2.83. The Morgan fingerprint density at radius 3 is 2.22 bits per heavy atom. The standard InChI is InChI=1S/C5H12N2.ClH.Mg/c1-5-4-6-2-3-7-5;;/h5-7H,2-4H2,1H3;1H;/q;;+2/p-1. The summed E-state index contributed by atoms with van der Waals surface area (Å²) in [5.41, 5.74) is 0. The van der Waals surface area contributed by atoms with Crippen molar-refractivity contribution in [3.8, 4) is 0 Å². The minimum Gasteiger partial charge on any atom is -1.00 e. The third-order valence-electron chi connectivity index (χ3n) is 1.25. The Morgan fingerprint density at radius 2 is 2.00 bits per heavy atom. The normalized spacial score (nSPS) is 25.7. The van der Waals surface area contributed by atoms with Crippen LogP contribution in [-0.2, 0) is 0 Å². The van der Waals surface area contributed by atoms with E-state index in [1.165, 1.54) is 0 Å². The molecule has 0 radical (unpaired) electrons. The van der Waals surface area contributed by atoms with Gasteiger partial charge in [0, 0.05) is 25.7 Å². The summed E-state index contributed by atoms with van der Waals surface area (Å²) in [6.07, 6.45) is 0. The summed E-state index contributed by atoms with van der Waals surface area (Å²) >= 11 is 0. The van der Waals surface area contributed by atoms with E-state index >= 15 is 0 Å². The van der Waals surface area contributed by atoms with Crippen LogP contribution in [0.15, 0.2) is 0 Å². The Kier molecular flexibility index (Phi) is 9.95. The van der Waals surface area contributed by atoms with Crippen molar-refractivity contribution in [3.63, 3.8) is 0 Å². The molecular weight excluding hydrogens is 148 g/mol.